The van der Waals surface area contributed by atoms with Crippen LogP contribution < -0.4 is 16.6 Å². The first kappa shape index (κ1) is 16.7. The maximum absolute atomic E-state index is 12.1. The lowest BCUT2D eigenvalue weighted by atomic mass is 10.1. The van der Waals surface area contributed by atoms with Crippen LogP contribution in [0.15, 0.2) is 58.7 Å². The van der Waals surface area contributed by atoms with Crippen molar-refractivity contribution in [3.05, 3.63) is 64.7 Å². The van der Waals surface area contributed by atoms with Crippen LogP contribution in [-0.2, 0) is 0 Å². The van der Waals surface area contributed by atoms with E-state index in [1.54, 1.807) is 18.6 Å². The smallest absolute Gasteiger partial charge is 0.266 e. The summed E-state index contributed by atoms with van der Waals surface area (Å²) in [5.74, 6) is -0.750. The average molecular weight is 353 g/mol. The van der Waals surface area contributed by atoms with Gasteiger partial charge in [-0.25, -0.2) is 4.98 Å². The summed E-state index contributed by atoms with van der Waals surface area (Å²) in [5.41, 5.74) is 6.98. The van der Waals surface area contributed by atoms with Crippen LogP contribution in [0.25, 0.3) is 11.1 Å². The summed E-state index contributed by atoms with van der Waals surface area (Å²) in [6.07, 6.45) is 5.04. The molecule has 4 N–H and O–H groups in total. The third-order valence-corrected chi connectivity index (χ3v) is 4.08. The van der Waals surface area contributed by atoms with E-state index in [4.69, 9.17) is 5.73 Å². The van der Waals surface area contributed by atoms with Crippen molar-refractivity contribution in [2.75, 3.05) is 11.6 Å². The molecule has 2 aromatic heterocycles. The molecule has 2 heterocycles. The number of thioether (sulfide) groups is 1. The molecule has 25 heavy (non-hydrogen) atoms. The Balaban J connectivity index is 2.12. The van der Waals surface area contributed by atoms with Gasteiger partial charge < -0.3 is 16.0 Å². The summed E-state index contributed by atoms with van der Waals surface area (Å²) < 4.78 is 0. The van der Waals surface area contributed by atoms with Gasteiger partial charge >= 0.3 is 0 Å². The Kier molecular flexibility index (Phi) is 4.80. The first-order valence-corrected chi connectivity index (χ1v) is 8.57. The summed E-state index contributed by atoms with van der Waals surface area (Å²) in [4.78, 5) is 34.7. The highest BCUT2D eigenvalue weighted by atomic mass is 32.2. The van der Waals surface area contributed by atoms with Gasteiger partial charge in [0.05, 0.1) is 11.9 Å². The third kappa shape index (κ3) is 3.53. The fourth-order valence-electron chi connectivity index (χ4n) is 2.36. The normalized spacial score (nSPS) is 10.4. The number of pyridine rings is 1. The number of benzene rings is 1. The zero-order valence-corrected chi connectivity index (χ0v) is 14.1. The van der Waals surface area contributed by atoms with Gasteiger partial charge in [-0.05, 0) is 17.9 Å². The third-order valence-electron chi connectivity index (χ3n) is 3.50. The molecule has 8 heteroatoms. The van der Waals surface area contributed by atoms with Crippen molar-refractivity contribution in [1.82, 2.24) is 15.0 Å². The lowest BCUT2D eigenvalue weighted by Gasteiger charge is -2.13. The Bertz CT molecular complexity index is 972. The molecule has 1 amide bonds. The summed E-state index contributed by atoms with van der Waals surface area (Å²) in [5, 5.41) is 3.41. The molecule has 0 aliphatic heterocycles. The average Bonchev–Trinajstić information content (AvgIpc) is 2.62. The summed E-state index contributed by atoms with van der Waals surface area (Å²) >= 11 is 1.25. The van der Waals surface area contributed by atoms with Gasteiger partial charge in [0.2, 0.25) is 0 Å². The standard InChI is InChI=1S/C17H15N5O2S/c1-25-17-21-15(13(14(18)23)16(24)22-17)20-12-9-19-8-7-11(12)10-5-3-2-4-6-10/h2-9H,1H3,(H2,18,23)(H2,20,21,22,24). The van der Waals surface area contributed by atoms with Crippen LogP contribution in [-0.4, -0.2) is 27.1 Å². The Morgan fingerprint density at radius 2 is 2.00 bits per heavy atom. The molecule has 3 rings (SSSR count). The maximum Gasteiger partial charge on any atom is 0.266 e. The van der Waals surface area contributed by atoms with Gasteiger partial charge in [0, 0.05) is 11.8 Å². The minimum absolute atomic E-state index is 0.103. The lowest BCUT2D eigenvalue weighted by Crippen LogP contribution is -2.26. The SMILES string of the molecule is CSc1nc(Nc2cnccc2-c2ccccc2)c(C(N)=O)c(=O)[nH]1. The molecule has 0 saturated heterocycles. The zero-order chi connectivity index (χ0) is 17.8. The van der Waals surface area contributed by atoms with Gasteiger partial charge in [-0.3, -0.25) is 14.6 Å². The van der Waals surface area contributed by atoms with Gasteiger partial charge in [0.25, 0.3) is 11.5 Å². The Hall–Kier alpha value is -3.13. The Morgan fingerprint density at radius 3 is 2.68 bits per heavy atom. The van der Waals surface area contributed by atoms with E-state index >= 15 is 0 Å². The molecule has 7 nitrogen and oxygen atoms in total. The molecule has 0 bridgehead atoms. The van der Waals surface area contributed by atoms with E-state index in [-0.39, 0.29) is 11.4 Å². The number of rotatable bonds is 5. The van der Waals surface area contributed by atoms with E-state index in [9.17, 15) is 9.59 Å². The number of aromatic amines is 1. The molecule has 0 radical (unpaired) electrons. The van der Waals surface area contributed by atoms with Crippen LogP contribution >= 0.6 is 11.8 Å². The Labute approximate surface area is 147 Å². The van der Waals surface area contributed by atoms with Gasteiger partial charge in [-0.1, -0.05) is 42.1 Å². The quantitative estimate of drug-likeness (QED) is 0.479. The lowest BCUT2D eigenvalue weighted by molar-refractivity contribution is 0.0999. The summed E-state index contributed by atoms with van der Waals surface area (Å²) in [6, 6.07) is 11.5. The molecule has 3 aromatic rings. The molecule has 0 aliphatic carbocycles. The molecule has 0 atom stereocenters. The van der Waals surface area contributed by atoms with Crippen molar-refractivity contribution >= 4 is 29.2 Å². The minimum Gasteiger partial charge on any atom is -0.365 e. The molecule has 0 spiro atoms. The molecule has 1 aromatic carbocycles. The highest BCUT2D eigenvalue weighted by molar-refractivity contribution is 7.98. The van der Waals surface area contributed by atoms with E-state index in [1.165, 1.54) is 11.8 Å². The fourth-order valence-corrected chi connectivity index (χ4v) is 2.74. The number of hydrogen-bond donors (Lipinski definition) is 3. The van der Waals surface area contributed by atoms with Gasteiger partial charge in [0.1, 0.15) is 5.56 Å². The van der Waals surface area contributed by atoms with E-state index in [1.807, 2.05) is 36.4 Å². The molecular weight excluding hydrogens is 338 g/mol. The monoisotopic (exact) mass is 353 g/mol. The highest BCUT2D eigenvalue weighted by Crippen LogP contribution is 2.29. The maximum atomic E-state index is 12.1. The van der Waals surface area contributed by atoms with Gasteiger partial charge in [-0.15, -0.1) is 0 Å². The fraction of sp³-hybridized carbons (Fsp3) is 0.0588. The first-order chi connectivity index (χ1) is 12.1. The van der Waals surface area contributed by atoms with Crippen LogP contribution in [0.2, 0.25) is 0 Å². The highest BCUT2D eigenvalue weighted by Gasteiger charge is 2.18. The second-order valence-corrected chi connectivity index (χ2v) is 5.87. The van der Waals surface area contributed by atoms with Crippen molar-refractivity contribution in [1.29, 1.82) is 0 Å². The minimum atomic E-state index is -0.853. The van der Waals surface area contributed by atoms with Crippen LogP contribution in [0.3, 0.4) is 0 Å². The number of primary amides is 1. The second kappa shape index (κ2) is 7.18. The molecule has 0 fully saturated rings. The van der Waals surface area contributed by atoms with Crippen LogP contribution in [0.5, 0.6) is 0 Å². The second-order valence-electron chi connectivity index (χ2n) is 5.08. The van der Waals surface area contributed by atoms with E-state index < -0.39 is 11.5 Å². The molecule has 0 aliphatic rings. The number of anilines is 2. The number of amides is 1. The number of H-pyrrole nitrogens is 1. The predicted octanol–water partition coefficient (Wildman–Crippen LogP) is 2.40. The zero-order valence-electron chi connectivity index (χ0n) is 13.3. The largest absolute Gasteiger partial charge is 0.365 e. The summed E-state index contributed by atoms with van der Waals surface area (Å²) in [6.45, 7) is 0. The first-order valence-electron chi connectivity index (χ1n) is 7.34. The topological polar surface area (TPSA) is 114 Å². The van der Waals surface area contributed by atoms with Crippen molar-refractivity contribution in [2.24, 2.45) is 5.73 Å². The van der Waals surface area contributed by atoms with E-state index in [0.29, 0.717) is 10.8 Å². The number of nitrogens with one attached hydrogen (secondary N) is 2. The van der Waals surface area contributed by atoms with Crippen LogP contribution in [0, 0.1) is 0 Å². The van der Waals surface area contributed by atoms with Gasteiger partial charge in [0.15, 0.2) is 11.0 Å². The Morgan fingerprint density at radius 1 is 1.24 bits per heavy atom. The van der Waals surface area contributed by atoms with Crippen LogP contribution in [0.4, 0.5) is 11.5 Å². The van der Waals surface area contributed by atoms with Crippen molar-refractivity contribution in [3.8, 4) is 11.1 Å². The van der Waals surface area contributed by atoms with Crippen LogP contribution in [0.1, 0.15) is 10.4 Å². The van der Waals surface area contributed by atoms with Crippen molar-refractivity contribution in [2.45, 2.75) is 5.16 Å². The number of carbonyl (C=O) groups excluding carboxylic acids is 1. The van der Waals surface area contributed by atoms with E-state index in [2.05, 4.69) is 20.3 Å². The molecule has 0 saturated carbocycles. The number of carbonyl (C=O) groups is 1. The predicted molar refractivity (Wildman–Crippen MR) is 98.1 cm³/mol. The number of nitrogens with two attached hydrogens (primary N) is 1. The van der Waals surface area contributed by atoms with Gasteiger partial charge in [-0.2, -0.15) is 0 Å². The molecule has 126 valence electrons. The molecular formula is C17H15N5O2S. The molecule has 0 unspecified atom stereocenters. The summed E-state index contributed by atoms with van der Waals surface area (Å²) in [7, 11) is 0. The van der Waals surface area contributed by atoms with Crippen molar-refractivity contribution in [3.63, 3.8) is 0 Å². The number of aromatic nitrogens is 3. The number of hydrogen-bond acceptors (Lipinski definition) is 6. The van der Waals surface area contributed by atoms with E-state index in [0.717, 1.165) is 11.1 Å². The number of nitrogens with zero attached hydrogens (tertiary/aromatic N) is 2. The van der Waals surface area contributed by atoms with Crippen molar-refractivity contribution < 1.29 is 4.79 Å².